The topological polar surface area (TPSA) is 51.8 Å². The van der Waals surface area contributed by atoms with Gasteiger partial charge in [-0.2, -0.15) is 0 Å². The van der Waals surface area contributed by atoms with E-state index in [9.17, 15) is 5.11 Å². The molecule has 0 radical (unpaired) electrons. The van der Waals surface area contributed by atoms with E-state index in [4.69, 9.17) is 13.9 Å². The van der Waals surface area contributed by atoms with Crippen molar-refractivity contribution in [2.24, 2.45) is 0 Å². The third-order valence-corrected chi connectivity index (χ3v) is 2.03. The largest absolute Gasteiger partial charge is 0.466 e. The highest BCUT2D eigenvalue weighted by molar-refractivity contribution is 5.03. The Morgan fingerprint density at radius 2 is 2.38 bits per heavy atom. The molecular weight excluding hydrogens is 172 g/mol. The summed E-state index contributed by atoms with van der Waals surface area (Å²) >= 11 is 0. The second-order valence-corrected chi connectivity index (χ2v) is 2.94. The van der Waals surface area contributed by atoms with Gasteiger partial charge in [0.2, 0.25) is 0 Å². The van der Waals surface area contributed by atoms with Gasteiger partial charge in [-0.25, -0.2) is 0 Å². The van der Waals surface area contributed by atoms with Gasteiger partial charge >= 0.3 is 0 Å². The highest BCUT2D eigenvalue weighted by Gasteiger charge is 2.26. The summed E-state index contributed by atoms with van der Waals surface area (Å²) in [5, 5.41) is 9.74. The van der Waals surface area contributed by atoms with Crippen LogP contribution in [0.15, 0.2) is 22.8 Å². The first-order valence-electron chi connectivity index (χ1n) is 4.29. The van der Waals surface area contributed by atoms with E-state index in [0.29, 0.717) is 25.6 Å². The minimum Gasteiger partial charge on any atom is -0.466 e. The Hall–Kier alpha value is -0.840. The smallest absolute Gasteiger partial charge is 0.140 e. The van der Waals surface area contributed by atoms with Crippen molar-refractivity contribution in [3.63, 3.8) is 0 Å². The molecule has 1 saturated heterocycles. The van der Waals surface area contributed by atoms with E-state index >= 15 is 0 Å². The Balaban J connectivity index is 1.99. The van der Waals surface area contributed by atoms with Gasteiger partial charge in [-0.05, 0) is 12.1 Å². The molecule has 1 aromatic heterocycles. The van der Waals surface area contributed by atoms with Crippen molar-refractivity contribution in [1.29, 1.82) is 0 Å². The van der Waals surface area contributed by atoms with Gasteiger partial charge < -0.3 is 19.0 Å². The predicted molar refractivity (Wildman–Crippen MR) is 44.2 cm³/mol. The summed E-state index contributed by atoms with van der Waals surface area (Å²) in [5.74, 6) is 0.524. The van der Waals surface area contributed by atoms with Crippen LogP contribution in [0.3, 0.4) is 0 Å². The molecule has 0 bridgehead atoms. The molecule has 2 atom stereocenters. The number of aliphatic hydroxyl groups excluding tert-OH is 1. The van der Waals surface area contributed by atoms with Gasteiger partial charge in [-0.15, -0.1) is 0 Å². The van der Waals surface area contributed by atoms with E-state index in [1.54, 1.807) is 12.1 Å². The monoisotopic (exact) mass is 184 g/mol. The van der Waals surface area contributed by atoms with Gasteiger partial charge in [-0.3, -0.25) is 0 Å². The third kappa shape index (κ3) is 1.91. The second kappa shape index (κ2) is 3.91. The van der Waals surface area contributed by atoms with Crippen molar-refractivity contribution in [2.75, 3.05) is 19.8 Å². The Kier molecular flexibility index (Phi) is 2.63. The Morgan fingerprint density at radius 3 is 3.00 bits per heavy atom. The zero-order valence-corrected chi connectivity index (χ0v) is 7.18. The Morgan fingerprint density at radius 1 is 1.46 bits per heavy atom. The molecule has 1 N–H and O–H groups in total. The fourth-order valence-corrected chi connectivity index (χ4v) is 1.33. The number of hydrogen-bond donors (Lipinski definition) is 1. The summed E-state index contributed by atoms with van der Waals surface area (Å²) < 4.78 is 15.6. The van der Waals surface area contributed by atoms with Crippen LogP contribution in [0.4, 0.5) is 0 Å². The third-order valence-electron chi connectivity index (χ3n) is 2.03. The van der Waals surface area contributed by atoms with Crippen molar-refractivity contribution in [3.8, 4) is 0 Å². The molecule has 72 valence electrons. The van der Waals surface area contributed by atoms with Crippen LogP contribution in [0.5, 0.6) is 0 Å². The minimum atomic E-state index is -0.727. The molecule has 1 aliphatic heterocycles. The first-order chi connectivity index (χ1) is 6.38. The molecule has 2 heterocycles. The van der Waals surface area contributed by atoms with Crippen LogP contribution in [0, 0.1) is 0 Å². The molecule has 1 fully saturated rings. The first kappa shape index (κ1) is 8.74. The molecule has 0 aliphatic carbocycles. The number of ether oxygens (including phenoxy) is 2. The second-order valence-electron chi connectivity index (χ2n) is 2.94. The number of aliphatic hydroxyl groups is 1. The molecule has 1 aromatic rings. The van der Waals surface area contributed by atoms with Crippen LogP contribution in [0.25, 0.3) is 0 Å². The van der Waals surface area contributed by atoms with Crippen LogP contribution in [-0.2, 0) is 9.47 Å². The molecule has 1 aliphatic rings. The molecule has 0 amide bonds. The van der Waals surface area contributed by atoms with Crippen LogP contribution in [-0.4, -0.2) is 31.0 Å². The molecule has 0 saturated carbocycles. The summed E-state index contributed by atoms with van der Waals surface area (Å²) in [7, 11) is 0. The zero-order valence-electron chi connectivity index (χ0n) is 7.18. The van der Waals surface area contributed by atoms with Gasteiger partial charge in [0.1, 0.15) is 18.0 Å². The quantitative estimate of drug-likeness (QED) is 0.736. The number of furan rings is 1. The standard InChI is InChI=1S/C9H12O4/c10-9(7-2-1-3-12-7)8-6-11-4-5-13-8/h1-3,8-10H,4-6H2. The Bertz CT molecular complexity index is 238. The normalized spacial score (nSPS) is 25.8. The van der Waals surface area contributed by atoms with Crippen LogP contribution < -0.4 is 0 Å². The fraction of sp³-hybridized carbons (Fsp3) is 0.556. The lowest BCUT2D eigenvalue weighted by Gasteiger charge is -2.25. The lowest BCUT2D eigenvalue weighted by molar-refractivity contribution is -0.137. The molecule has 0 aromatic carbocycles. The minimum absolute atomic E-state index is 0.306. The lowest BCUT2D eigenvalue weighted by Crippen LogP contribution is -2.33. The lowest BCUT2D eigenvalue weighted by atomic mass is 10.1. The van der Waals surface area contributed by atoms with E-state index < -0.39 is 6.10 Å². The molecule has 0 spiro atoms. The van der Waals surface area contributed by atoms with Crippen LogP contribution in [0.2, 0.25) is 0 Å². The summed E-state index contributed by atoms with van der Waals surface area (Å²) in [6, 6.07) is 3.46. The van der Waals surface area contributed by atoms with Crippen molar-refractivity contribution < 1.29 is 19.0 Å². The van der Waals surface area contributed by atoms with E-state index in [-0.39, 0.29) is 6.10 Å². The summed E-state index contributed by atoms with van der Waals surface area (Å²) in [6.07, 6.45) is 0.498. The summed E-state index contributed by atoms with van der Waals surface area (Å²) in [4.78, 5) is 0. The Labute approximate surface area is 76.1 Å². The average Bonchev–Trinajstić information content (AvgIpc) is 2.71. The van der Waals surface area contributed by atoms with Crippen molar-refractivity contribution in [2.45, 2.75) is 12.2 Å². The van der Waals surface area contributed by atoms with Crippen LogP contribution in [0.1, 0.15) is 11.9 Å². The summed E-state index contributed by atoms with van der Waals surface area (Å²) in [5.41, 5.74) is 0. The summed E-state index contributed by atoms with van der Waals surface area (Å²) in [6.45, 7) is 1.55. The zero-order chi connectivity index (χ0) is 9.10. The van der Waals surface area contributed by atoms with E-state index in [1.807, 2.05) is 0 Å². The number of rotatable bonds is 2. The van der Waals surface area contributed by atoms with Crippen molar-refractivity contribution in [1.82, 2.24) is 0 Å². The molecule has 2 rings (SSSR count). The maximum atomic E-state index is 9.74. The van der Waals surface area contributed by atoms with Gasteiger partial charge in [0.15, 0.2) is 0 Å². The van der Waals surface area contributed by atoms with Gasteiger partial charge in [0, 0.05) is 0 Å². The molecule has 4 nitrogen and oxygen atoms in total. The fourth-order valence-electron chi connectivity index (χ4n) is 1.33. The SMILES string of the molecule is OC(c1ccco1)C1COCCO1. The van der Waals surface area contributed by atoms with Gasteiger partial charge in [-0.1, -0.05) is 0 Å². The molecule has 2 unspecified atom stereocenters. The van der Waals surface area contributed by atoms with E-state index in [0.717, 1.165) is 0 Å². The van der Waals surface area contributed by atoms with Gasteiger partial charge in [0.05, 0.1) is 26.1 Å². The van der Waals surface area contributed by atoms with Gasteiger partial charge in [0.25, 0.3) is 0 Å². The van der Waals surface area contributed by atoms with E-state index in [1.165, 1.54) is 6.26 Å². The van der Waals surface area contributed by atoms with Crippen molar-refractivity contribution in [3.05, 3.63) is 24.2 Å². The predicted octanol–water partition coefficient (Wildman–Crippen LogP) is 0.728. The molecular formula is C9H12O4. The molecule has 13 heavy (non-hydrogen) atoms. The highest BCUT2D eigenvalue weighted by Crippen LogP contribution is 2.21. The average molecular weight is 184 g/mol. The van der Waals surface area contributed by atoms with E-state index in [2.05, 4.69) is 0 Å². The van der Waals surface area contributed by atoms with Crippen molar-refractivity contribution >= 4 is 0 Å². The molecule has 4 heteroatoms. The first-order valence-corrected chi connectivity index (χ1v) is 4.29. The highest BCUT2D eigenvalue weighted by atomic mass is 16.6. The maximum Gasteiger partial charge on any atom is 0.140 e. The maximum absolute atomic E-state index is 9.74. The van der Waals surface area contributed by atoms with Crippen LogP contribution >= 0.6 is 0 Å². The number of hydrogen-bond acceptors (Lipinski definition) is 4.